The lowest BCUT2D eigenvalue weighted by molar-refractivity contribution is 0.956. The standard InChI is InChI=1S/C15H14BrNS2/c1-9-7-14(18-10(9)2)11(16)8-15-17-12-5-3-4-6-13(12)19-15/h3-7,11H,8H2,1-2H3. The van der Waals surface area contributed by atoms with Gasteiger partial charge in [-0.05, 0) is 37.6 Å². The molecule has 0 aliphatic heterocycles. The minimum atomic E-state index is 0.366. The van der Waals surface area contributed by atoms with Crippen LogP contribution in [0.5, 0.6) is 0 Å². The fourth-order valence-electron chi connectivity index (χ4n) is 2.02. The van der Waals surface area contributed by atoms with Gasteiger partial charge in [0.1, 0.15) is 0 Å². The molecular weight excluding hydrogens is 338 g/mol. The summed E-state index contributed by atoms with van der Waals surface area (Å²) >= 11 is 7.48. The molecule has 0 saturated heterocycles. The predicted molar refractivity (Wildman–Crippen MR) is 88.8 cm³/mol. The SMILES string of the molecule is Cc1cc(C(Br)Cc2nc3ccccc3s2)sc1C. The van der Waals surface area contributed by atoms with Gasteiger partial charge >= 0.3 is 0 Å². The normalized spacial score (nSPS) is 13.0. The van der Waals surface area contributed by atoms with Crippen LogP contribution in [-0.4, -0.2) is 4.98 Å². The Kier molecular flexibility index (Phi) is 3.74. The lowest BCUT2D eigenvalue weighted by atomic mass is 10.2. The molecule has 3 rings (SSSR count). The Bertz CT molecular complexity index is 661. The third-order valence-electron chi connectivity index (χ3n) is 3.19. The first-order valence-corrected chi connectivity index (χ1v) is 8.74. The Morgan fingerprint density at radius 1 is 1.21 bits per heavy atom. The van der Waals surface area contributed by atoms with E-state index in [1.54, 1.807) is 11.3 Å². The number of nitrogens with zero attached hydrogens (tertiary/aromatic N) is 1. The van der Waals surface area contributed by atoms with Crippen molar-refractivity contribution >= 4 is 48.8 Å². The van der Waals surface area contributed by atoms with Crippen molar-refractivity contribution in [2.75, 3.05) is 0 Å². The average molecular weight is 352 g/mol. The fraction of sp³-hybridized carbons (Fsp3) is 0.267. The molecule has 0 amide bonds. The van der Waals surface area contributed by atoms with Gasteiger partial charge in [-0.15, -0.1) is 22.7 Å². The van der Waals surface area contributed by atoms with Gasteiger partial charge in [0.15, 0.2) is 0 Å². The van der Waals surface area contributed by atoms with E-state index < -0.39 is 0 Å². The van der Waals surface area contributed by atoms with E-state index in [0.29, 0.717) is 4.83 Å². The van der Waals surface area contributed by atoms with Crippen molar-refractivity contribution in [3.63, 3.8) is 0 Å². The zero-order chi connectivity index (χ0) is 13.4. The summed E-state index contributed by atoms with van der Waals surface area (Å²) in [5.41, 5.74) is 2.49. The molecule has 0 spiro atoms. The van der Waals surface area contributed by atoms with Gasteiger partial charge in [0.25, 0.3) is 0 Å². The minimum Gasteiger partial charge on any atom is -0.241 e. The molecule has 0 aliphatic rings. The van der Waals surface area contributed by atoms with E-state index in [9.17, 15) is 0 Å². The number of halogens is 1. The second-order valence-corrected chi connectivity index (χ2v) is 8.14. The highest BCUT2D eigenvalue weighted by Crippen LogP contribution is 2.35. The van der Waals surface area contributed by atoms with Crippen molar-refractivity contribution < 1.29 is 0 Å². The number of thiazole rings is 1. The summed E-state index contributed by atoms with van der Waals surface area (Å²) in [5.74, 6) is 0. The van der Waals surface area contributed by atoms with Crippen LogP contribution in [-0.2, 0) is 6.42 Å². The molecule has 19 heavy (non-hydrogen) atoms. The first kappa shape index (κ1) is 13.3. The molecule has 1 unspecified atom stereocenters. The molecule has 2 aromatic heterocycles. The van der Waals surface area contributed by atoms with E-state index in [1.807, 2.05) is 17.4 Å². The highest BCUT2D eigenvalue weighted by Gasteiger charge is 2.14. The first-order chi connectivity index (χ1) is 9.13. The number of alkyl halides is 1. The molecule has 0 saturated carbocycles. The van der Waals surface area contributed by atoms with Crippen LogP contribution in [0.4, 0.5) is 0 Å². The van der Waals surface area contributed by atoms with Crippen LogP contribution >= 0.6 is 38.6 Å². The topological polar surface area (TPSA) is 12.9 Å². The zero-order valence-corrected chi connectivity index (χ0v) is 14.0. The second-order valence-electron chi connectivity index (χ2n) is 4.63. The van der Waals surface area contributed by atoms with Crippen LogP contribution in [0.3, 0.4) is 0 Å². The molecule has 0 N–H and O–H groups in total. The quantitative estimate of drug-likeness (QED) is 0.555. The fourth-order valence-corrected chi connectivity index (χ4v) is 4.98. The van der Waals surface area contributed by atoms with Gasteiger partial charge in [-0.1, -0.05) is 28.1 Å². The number of aryl methyl sites for hydroxylation is 2. The maximum Gasteiger partial charge on any atom is 0.0953 e. The summed E-state index contributed by atoms with van der Waals surface area (Å²) < 4.78 is 1.27. The van der Waals surface area contributed by atoms with Crippen molar-refractivity contribution in [2.24, 2.45) is 0 Å². The number of para-hydroxylation sites is 1. The van der Waals surface area contributed by atoms with E-state index in [4.69, 9.17) is 4.98 Å². The van der Waals surface area contributed by atoms with Gasteiger partial charge in [0, 0.05) is 16.2 Å². The van der Waals surface area contributed by atoms with Gasteiger partial charge in [0.05, 0.1) is 20.1 Å². The smallest absolute Gasteiger partial charge is 0.0953 e. The maximum absolute atomic E-state index is 4.70. The molecular formula is C15H14BrNS2. The van der Waals surface area contributed by atoms with Crippen molar-refractivity contribution in [1.82, 2.24) is 4.98 Å². The predicted octanol–water partition coefficient (Wildman–Crippen LogP) is 5.65. The van der Waals surface area contributed by atoms with Gasteiger partial charge < -0.3 is 0 Å². The summed E-state index contributed by atoms with van der Waals surface area (Å²) in [5, 5.41) is 1.20. The van der Waals surface area contributed by atoms with Gasteiger partial charge in [-0.25, -0.2) is 4.98 Å². The third-order valence-corrected chi connectivity index (χ3v) is 6.63. The highest BCUT2D eigenvalue weighted by molar-refractivity contribution is 9.09. The molecule has 0 fully saturated rings. The summed E-state index contributed by atoms with van der Waals surface area (Å²) in [4.78, 5) is 7.87. The minimum absolute atomic E-state index is 0.366. The van der Waals surface area contributed by atoms with E-state index in [0.717, 1.165) is 11.9 Å². The summed E-state index contributed by atoms with van der Waals surface area (Å²) in [6.45, 7) is 4.35. The van der Waals surface area contributed by atoms with Crippen LogP contribution < -0.4 is 0 Å². The van der Waals surface area contributed by atoms with E-state index in [1.165, 1.54) is 25.0 Å². The lowest BCUT2D eigenvalue weighted by Gasteiger charge is -2.04. The molecule has 1 aromatic carbocycles. The Balaban J connectivity index is 1.84. The first-order valence-electron chi connectivity index (χ1n) is 6.19. The number of hydrogen-bond donors (Lipinski definition) is 0. The Hall–Kier alpha value is -0.710. The molecule has 98 valence electrons. The number of benzene rings is 1. The molecule has 1 atom stereocenters. The van der Waals surface area contributed by atoms with Crippen LogP contribution in [0.15, 0.2) is 30.3 Å². The van der Waals surface area contributed by atoms with Crippen molar-refractivity contribution in [2.45, 2.75) is 25.1 Å². The number of fused-ring (bicyclic) bond motifs is 1. The average Bonchev–Trinajstić information content (AvgIpc) is 2.93. The number of rotatable bonds is 3. The summed E-state index contributed by atoms with van der Waals surface area (Å²) in [7, 11) is 0. The molecule has 4 heteroatoms. The van der Waals surface area contributed by atoms with Gasteiger partial charge in [-0.2, -0.15) is 0 Å². The third kappa shape index (κ3) is 2.76. The van der Waals surface area contributed by atoms with Gasteiger partial charge in [-0.3, -0.25) is 0 Å². The number of hydrogen-bond acceptors (Lipinski definition) is 3. The van der Waals surface area contributed by atoms with Crippen LogP contribution in [0, 0.1) is 13.8 Å². The molecule has 0 radical (unpaired) electrons. The molecule has 1 nitrogen and oxygen atoms in total. The number of aromatic nitrogens is 1. The monoisotopic (exact) mass is 351 g/mol. The molecule has 0 bridgehead atoms. The summed E-state index contributed by atoms with van der Waals surface area (Å²) in [6, 6.07) is 10.6. The van der Waals surface area contributed by atoms with Gasteiger partial charge in [0.2, 0.25) is 0 Å². The summed E-state index contributed by atoms with van der Waals surface area (Å²) in [6.07, 6.45) is 0.957. The van der Waals surface area contributed by atoms with E-state index in [-0.39, 0.29) is 0 Å². The van der Waals surface area contributed by atoms with Crippen LogP contribution in [0.2, 0.25) is 0 Å². The van der Waals surface area contributed by atoms with Crippen LogP contribution in [0.25, 0.3) is 10.2 Å². The molecule has 0 aliphatic carbocycles. The Morgan fingerprint density at radius 3 is 2.68 bits per heavy atom. The molecule has 3 aromatic rings. The number of thiophene rings is 1. The largest absolute Gasteiger partial charge is 0.241 e. The van der Waals surface area contributed by atoms with Crippen molar-refractivity contribution in [1.29, 1.82) is 0 Å². The molecule has 2 heterocycles. The lowest BCUT2D eigenvalue weighted by Crippen LogP contribution is -1.91. The zero-order valence-electron chi connectivity index (χ0n) is 10.8. The van der Waals surface area contributed by atoms with E-state index >= 15 is 0 Å². The Morgan fingerprint density at radius 2 is 2.00 bits per heavy atom. The second kappa shape index (κ2) is 5.35. The van der Waals surface area contributed by atoms with Crippen molar-refractivity contribution in [3.05, 3.63) is 50.7 Å². The van der Waals surface area contributed by atoms with Crippen molar-refractivity contribution in [3.8, 4) is 0 Å². The highest BCUT2D eigenvalue weighted by atomic mass is 79.9. The van der Waals surface area contributed by atoms with Crippen LogP contribution in [0.1, 0.15) is 25.2 Å². The maximum atomic E-state index is 4.70. The Labute approximate surface area is 129 Å². The van der Waals surface area contributed by atoms with E-state index in [2.05, 4.69) is 54.0 Å².